The monoisotopic (exact) mass is 440 g/mol. The highest BCUT2D eigenvalue weighted by molar-refractivity contribution is 7.89. The predicted octanol–water partition coefficient (Wildman–Crippen LogP) is 2.60. The topological polar surface area (TPSA) is 101 Å². The molecule has 9 heteroatoms. The van der Waals surface area contributed by atoms with Crippen molar-refractivity contribution >= 4 is 32.5 Å². The van der Waals surface area contributed by atoms with E-state index in [9.17, 15) is 18.0 Å². The predicted molar refractivity (Wildman–Crippen MR) is 118 cm³/mol. The Morgan fingerprint density at radius 3 is 2.61 bits per heavy atom. The molecule has 1 aliphatic heterocycles. The fourth-order valence-corrected chi connectivity index (χ4v) is 5.26. The molecule has 1 amide bonds. The molecule has 8 nitrogen and oxygen atoms in total. The Kier molecular flexibility index (Phi) is 6.15. The summed E-state index contributed by atoms with van der Waals surface area (Å²) in [4.78, 5) is 29.4. The second-order valence-electron chi connectivity index (χ2n) is 7.55. The number of amides is 1. The van der Waals surface area contributed by atoms with Gasteiger partial charge in [-0.25, -0.2) is 13.4 Å². The highest BCUT2D eigenvalue weighted by Gasteiger charge is 2.26. The minimum Gasteiger partial charge on any atom is -0.326 e. The molecule has 1 aromatic heterocycles. The summed E-state index contributed by atoms with van der Waals surface area (Å²) in [6.45, 7) is 1.22. The first-order valence-corrected chi connectivity index (χ1v) is 11.7. The van der Waals surface area contributed by atoms with Crippen LogP contribution in [0, 0.1) is 0 Å². The summed E-state index contributed by atoms with van der Waals surface area (Å²) in [5.74, 6) is -0.312. The molecule has 0 aliphatic carbocycles. The van der Waals surface area contributed by atoms with Gasteiger partial charge < -0.3 is 5.32 Å². The molecule has 31 heavy (non-hydrogen) atoms. The lowest BCUT2D eigenvalue weighted by Crippen LogP contribution is -2.35. The van der Waals surface area contributed by atoms with Crippen molar-refractivity contribution < 1.29 is 13.2 Å². The van der Waals surface area contributed by atoms with E-state index in [4.69, 9.17) is 0 Å². The third kappa shape index (κ3) is 4.67. The number of piperidine rings is 1. The lowest BCUT2D eigenvalue weighted by molar-refractivity contribution is -0.116. The van der Waals surface area contributed by atoms with Crippen molar-refractivity contribution in [1.82, 2.24) is 13.9 Å². The van der Waals surface area contributed by atoms with Crippen molar-refractivity contribution in [2.75, 3.05) is 18.4 Å². The van der Waals surface area contributed by atoms with Gasteiger partial charge in [-0.1, -0.05) is 24.6 Å². The molecule has 0 spiro atoms. The Bertz CT molecular complexity index is 1260. The summed E-state index contributed by atoms with van der Waals surface area (Å²) in [5, 5.41) is 3.23. The fraction of sp³-hybridized carbons (Fsp3) is 0.318. The highest BCUT2D eigenvalue weighted by atomic mass is 32.2. The summed E-state index contributed by atoms with van der Waals surface area (Å²) in [5.41, 5.74) is 0.819. The van der Waals surface area contributed by atoms with Crippen molar-refractivity contribution in [3.63, 3.8) is 0 Å². The van der Waals surface area contributed by atoms with Crippen molar-refractivity contribution in [2.24, 2.45) is 0 Å². The molecule has 0 unspecified atom stereocenters. The van der Waals surface area contributed by atoms with Crippen LogP contribution < -0.4 is 10.9 Å². The zero-order chi connectivity index (χ0) is 21.8. The summed E-state index contributed by atoms with van der Waals surface area (Å²) < 4.78 is 28.6. The first-order valence-electron chi connectivity index (χ1n) is 10.3. The average Bonchev–Trinajstić information content (AvgIpc) is 2.79. The van der Waals surface area contributed by atoms with Gasteiger partial charge in [0.25, 0.3) is 5.56 Å². The van der Waals surface area contributed by atoms with Gasteiger partial charge >= 0.3 is 0 Å². The van der Waals surface area contributed by atoms with Gasteiger partial charge in [0.1, 0.15) is 0 Å². The number of aromatic nitrogens is 2. The van der Waals surface area contributed by atoms with Crippen LogP contribution in [0.2, 0.25) is 0 Å². The van der Waals surface area contributed by atoms with E-state index in [1.807, 2.05) is 6.07 Å². The van der Waals surface area contributed by atoms with Gasteiger partial charge in [-0.2, -0.15) is 4.31 Å². The first-order chi connectivity index (χ1) is 14.9. The molecule has 3 aromatic rings. The van der Waals surface area contributed by atoms with Gasteiger partial charge in [0.05, 0.1) is 22.1 Å². The van der Waals surface area contributed by atoms with Crippen molar-refractivity contribution in [2.45, 2.75) is 37.1 Å². The van der Waals surface area contributed by atoms with Gasteiger partial charge in [-0.05, 0) is 43.2 Å². The van der Waals surface area contributed by atoms with Crippen molar-refractivity contribution in [3.05, 3.63) is 65.2 Å². The van der Waals surface area contributed by atoms with E-state index >= 15 is 0 Å². The molecule has 1 aliphatic rings. The normalized spacial score (nSPS) is 15.1. The van der Waals surface area contributed by atoms with Crippen molar-refractivity contribution in [3.8, 4) is 0 Å². The van der Waals surface area contributed by atoms with Crippen molar-refractivity contribution in [1.29, 1.82) is 0 Å². The van der Waals surface area contributed by atoms with Crippen LogP contribution in [0.3, 0.4) is 0 Å². The molecular formula is C22H24N4O4S. The highest BCUT2D eigenvalue weighted by Crippen LogP contribution is 2.23. The van der Waals surface area contributed by atoms with E-state index in [0.717, 1.165) is 19.3 Å². The second kappa shape index (κ2) is 8.99. The SMILES string of the molecule is O=C(CCn1cnc2ccccc2c1=O)Nc1cccc(S(=O)(=O)N2CCCCC2)c1. The largest absolute Gasteiger partial charge is 0.326 e. The number of para-hydroxylation sites is 1. The maximum absolute atomic E-state index is 12.8. The summed E-state index contributed by atoms with van der Waals surface area (Å²) in [6.07, 6.45) is 4.25. The van der Waals surface area contributed by atoms with E-state index in [1.54, 1.807) is 36.4 Å². The maximum Gasteiger partial charge on any atom is 0.261 e. The molecule has 0 saturated carbocycles. The number of hydrogen-bond acceptors (Lipinski definition) is 5. The summed E-state index contributed by atoms with van der Waals surface area (Å²) in [7, 11) is -3.57. The zero-order valence-electron chi connectivity index (χ0n) is 17.0. The summed E-state index contributed by atoms with van der Waals surface area (Å²) >= 11 is 0. The standard InChI is InChI=1S/C22H24N4O4S/c27-21(11-14-25-16-23-20-10-3-2-9-19(20)22(25)28)24-17-7-6-8-18(15-17)31(29,30)26-12-4-1-5-13-26/h2-3,6-10,15-16H,1,4-5,11-14H2,(H,24,27). The molecular weight excluding hydrogens is 416 g/mol. The van der Waals surface area contributed by atoms with E-state index in [2.05, 4.69) is 10.3 Å². The van der Waals surface area contributed by atoms with E-state index in [0.29, 0.717) is 29.7 Å². The Labute approximate surface area is 180 Å². The smallest absolute Gasteiger partial charge is 0.261 e. The number of benzene rings is 2. The zero-order valence-corrected chi connectivity index (χ0v) is 17.8. The number of rotatable bonds is 6. The van der Waals surface area contributed by atoms with Gasteiger partial charge in [0.15, 0.2) is 0 Å². The van der Waals surface area contributed by atoms with Gasteiger partial charge in [-0.3, -0.25) is 14.2 Å². The van der Waals surface area contributed by atoms with Gasteiger partial charge in [0.2, 0.25) is 15.9 Å². The number of carbonyl (C=O) groups is 1. The minimum absolute atomic E-state index is 0.0586. The maximum atomic E-state index is 12.8. The van der Waals surface area contributed by atoms with Crippen LogP contribution in [-0.4, -0.2) is 41.3 Å². The quantitative estimate of drug-likeness (QED) is 0.635. The van der Waals surface area contributed by atoms with Gasteiger partial charge in [0, 0.05) is 31.7 Å². The number of nitrogens with one attached hydrogen (secondary N) is 1. The average molecular weight is 441 g/mol. The molecule has 0 bridgehead atoms. The molecule has 162 valence electrons. The van der Waals surface area contributed by atoms with Crippen LogP contribution in [-0.2, 0) is 21.4 Å². The van der Waals surface area contributed by atoms with Crippen LogP contribution in [0.25, 0.3) is 10.9 Å². The third-order valence-corrected chi connectivity index (χ3v) is 7.28. The molecule has 1 N–H and O–H groups in total. The van der Waals surface area contributed by atoms with Gasteiger partial charge in [-0.15, -0.1) is 0 Å². The van der Waals surface area contributed by atoms with Crippen LogP contribution in [0.5, 0.6) is 0 Å². The lowest BCUT2D eigenvalue weighted by Gasteiger charge is -2.26. The molecule has 1 fully saturated rings. The van der Waals surface area contributed by atoms with Crippen LogP contribution in [0.4, 0.5) is 5.69 Å². The number of hydrogen-bond donors (Lipinski definition) is 1. The number of anilines is 1. The first kappa shape index (κ1) is 21.2. The Morgan fingerprint density at radius 2 is 1.81 bits per heavy atom. The van der Waals surface area contributed by atoms with E-state index in [1.165, 1.54) is 21.3 Å². The number of sulfonamides is 1. The Hall–Kier alpha value is -3.04. The van der Waals surface area contributed by atoms with Crippen LogP contribution >= 0.6 is 0 Å². The summed E-state index contributed by atoms with van der Waals surface area (Å²) in [6, 6.07) is 13.3. The number of fused-ring (bicyclic) bond motifs is 1. The second-order valence-corrected chi connectivity index (χ2v) is 9.49. The molecule has 4 rings (SSSR count). The molecule has 1 saturated heterocycles. The Morgan fingerprint density at radius 1 is 1.03 bits per heavy atom. The number of nitrogens with zero attached hydrogens (tertiary/aromatic N) is 3. The molecule has 0 radical (unpaired) electrons. The molecule has 2 heterocycles. The van der Waals surface area contributed by atoms with Crippen LogP contribution in [0.15, 0.2) is 64.5 Å². The lowest BCUT2D eigenvalue weighted by atomic mass is 10.2. The number of carbonyl (C=O) groups excluding carboxylic acids is 1. The fourth-order valence-electron chi connectivity index (χ4n) is 3.70. The molecule has 0 atom stereocenters. The van der Waals surface area contributed by atoms with Crippen LogP contribution in [0.1, 0.15) is 25.7 Å². The third-order valence-electron chi connectivity index (χ3n) is 5.38. The van der Waals surface area contributed by atoms with E-state index < -0.39 is 10.0 Å². The minimum atomic E-state index is -3.57. The van der Waals surface area contributed by atoms with E-state index in [-0.39, 0.29) is 29.3 Å². The molecule has 2 aromatic carbocycles. The number of aryl methyl sites for hydroxylation is 1. The Balaban J connectivity index is 1.43.